The van der Waals surface area contributed by atoms with E-state index in [1.165, 1.54) is 0 Å². The van der Waals surface area contributed by atoms with E-state index in [9.17, 15) is 4.39 Å². The van der Waals surface area contributed by atoms with E-state index in [0.29, 0.717) is 12.5 Å². The van der Waals surface area contributed by atoms with Crippen molar-refractivity contribution in [2.75, 3.05) is 7.05 Å². The number of alkyl halides is 1. The Kier molecular flexibility index (Phi) is 3.09. The topological polar surface area (TPSA) is 24.1 Å². The lowest BCUT2D eigenvalue weighted by molar-refractivity contribution is 0.206. The van der Waals surface area contributed by atoms with Gasteiger partial charge in [0.2, 0.25) is 0 Å². The fraction of sp³-hybridized carbons (Fsp3) is 1.00. The number of hydrogen-bond donors (Lipinski definition) is 2. The lowest BCUT2D eigenvalue weighted by Gasteiger charge is -2.24. The molecule has 2 N–H and O–H groups in total. The second-order valence-electron chi connectivity index (χ2n) is 2.86. The van der Waals surface area contributed by atoms with Gasteiger partial charge in [0.25, 0.3) is 0 Å². The van der Waals surface area contributed by atoms with Crippen LogP contribution in [0.15, 0.2) is 0 Å². The van der Waals surface area contributed by atoms with Gasteiger partial charge in [-0.05, 0) is 32.7 Å². The number of nitrogens with one attached hydrogen (secondary N) is 2. The first kappa shape index (κ1) is 7.95. The van der Waals surface area contributed by atoms with Gasteiger partial charge in [-0.3, -0.25) is 10.9 Å². The van der Waals surface area contributed by atoms with Crippen LogP contribution >= 0.6 is 0 Å². The summed E-state index contributed by atoms with van der Waals surface area (Å²) < 4.78 is 12.7. The van der Waals surface area contributed by atoms with Crippen LogP contribution in [-0.4, -0.2) is 19.3 Å². The highest BCUT2D eigenvalue weighted by Gasteiger charge is 2.20. The van der Waals surface area contributed by atoms with Crippen molar-refractivity contribution in [2.45, 2.75) is 37.9 Å². The molecule has 0 spiro atoms. The third kappa shape index (κ3) is 2.23. The van der Waals surface area contributed by atoms with Crippen molar-refractivity contribution in [1.29, 1.82) is 0 Å². The zero-order valence-electron chi connectivity index (χ0n) is 6.36. The van der Waals surface area contributed by atoms with Crippen molar-refractivity contribution in [3.05, 3.63) is 0 Å². The first-order valence-corrected chi connectivity index (χ1v) is 3.89. The fourth-order valence-electron chi connectivity index (χ4n) is 1.47. The highest BCUT2D eigenvalue weighted by atomic mass is 19.1. The molecule has 0 radical (unpaired) electrons. The van der Waals surface area contributed by atoms with Crippen LogP contribution in [0.2, 0.25) is 0 Å². The normalized spacial score (nSPS) is 34.2. The summed E-state index contributed by atoms with van der Waals surface area (Å²) >= 11 is 0. The maximum Gasteiger partial charge on any atom is 0.102 e. The van der Waals surface area contributed by atoms with E-state index in [4.69, 9.17) is 0 Å². The zero-order valence-corrected chi connectivity index (χ0v) is 6.36. The van der Waals surface area contributed by atoms with Gasteiger partial charge in [0.15, 0.2) is 0 Å². The Labute approximate surface area is 61.2 Å². The predicted molar refractivity (Wildman–Crippen MR) is 39.3 cm³/mol. The number of hydrazine groups is 1. The minimum atomic E-state index is -0.584. The molecule has 0 amide bonds. The van der Waals surface area contributed by atoms with Gasteiger partial charge in [-0.2, -0.15) is 0 Å². The van der Waals surface area contributed by atoms with E-state index < -0.39 is 6.17 Å². The molecule has 0 heterocycles. The molecule has 0 aliphatic heterocycles. The molecule has 0 aromatic heterocycles. The molecule has 1 aliphatic rings. The lowest BCUT2D eigenvalue weighted by atomic mass is 9.94. The minimum Gasteiger partial charge on any atom is -0.261 e. The van der Waals surface area contributed by atoms with Gasteiger partial charge in [-0.1, -0.05) is 0 Å². The van der Waals surface area contributed by atoms with Crippen LogP contribution in [0.4, 0.5) is 4.39 Å². The Hall–Kier alpha value is -0.150. The van der Waals surface area contributed by atoms with Crippen molar-refractivity contribution in [3.63, 3.8) is 0 Å². The summed E-state index contributed by atoms with van der Waals surface area (Å²) in [6, 6.07) is 0.341. The summed E-state index contributed by atoms with van der Waals surface area (Å²) in [4.78, 5) is 0. The summed E-state index contributed by atoms with van der Waals surface area (Å²) in [6.45, 7) is 0. The Balaban J connectivity index is 2.18. The third-order valence-electron chi connectivity index (χ3n) is 1.96. The van der Waals surface area contributed by atoms with Crippen LogP contribution in [0.25, 0.3) is 0 Å². The summed E-state index contributed by atoms with van der Waals surface area (Å²) in [5.41, 5.74) is 5.87. The van der Waals surface area contributed by atoms with E-state index in [1.807, 2.05) is 7.05 Å². The molecular formula is C7H15FN2. The quantitative estimate of drug-likeness (QED) is 0.568. The van der Waals surface area contributed by atoms with Gasteiger partial charge in [0, 0.05) is 6.04 Å². The SMILES string of the molecule is CNNC1CCCC(F)C1. The van der Waals surface area contributed by atoms with Gasteiger partial charge in [0.1, 0.15) is 6.17 Å². The van der Waals surface area contributed by atoms with Crippen molar-refractivity contribution >= 4 is 0 Å². The van der Waals surface area contributed by atoms with E-state index in [1.54, 1.807) is 0 Å². The molecule has 10 heavy (non-hydrogen) atoms. The largest absolute Gasteiger partial charge is 0.261 e. The van der Waals surface area contributed by atoms with E-state index in [2.05, 4.69) is 10.9 Å². The molecule has 2 atom stereocenters. The molecule has 1 rings (SSSR count). The highest BCUT2D eigenvalue weighted by molar-refractivity contribution is 4.75. The molecule has 60 valence electrons. The van der Waals surface area contributed by atoms with Gasteiger partial charge < -0.3 is 0 Å². The van der Waals surface area contributed by atoms with Crippen LogP contribution in [0.1, 0.15) is 25.7 Å². The monoisotopic (exact) mass is 146 g/mol. The van der Waals surface area contributed by atoms with Crippen LogP contribution in [0, 0.1) is 0 Å². The molecular weight excluding hydrogens is 131 g/mol. The Morgan fingerprint density at radius 2 is 2.20 bits per heavy atom. The van der Waals surface area contributed by atoms with Gasteiger partial charge in [0.05, 0.1) is 0 Å². The third-order valence-corrected chi connectivity index (χ3v) is 1.96. The van der Waals surface area contributed by atoms with E-state index >= 15 is 0 Å². The second-order valence-corrected chi connectivity index (χ2v) is 2.86. The molecule has 1 aliphatic carbocycles. The number of hydrogen-bond acceptors (Lipinski definition) is 2. The van der Waals surface area contributed by atoms with Crippen LogP contribution in [-0.2, 0) is 0 Å². The van der Waals surface area contributed by atoms with Crippen molar-refractivity contribution in [2.24, 2.45) is 0 Å². The van der Waals surface area contributed by atoms with Gasteiger partial charge in [-0.15, -0.1) is 0 Å². The maximum atomic E-state index is 12.7. The Bertz CT molecular complexity index is 95.6. The number of halogens is 1. The molecule has 2 nitrogen and oxygen atoms in total. The fourth-order valence-corrected chi connectivity index (χ4v) is 1.47. The summed E-state index contributed by atoms with van der Waals surface area (Å²) in [5.74, 6) is 0. The Morgan fingerprint density at radius 3 is 2.80 bits per heavy atom. The molecule has 0 aromatic rings. The first-order chi connectivity index (χ1) is 4.83. The molecule has 3 heteroatoms. The summed E-state index contributed by atoms with van der Waals surface area (Å²) in [7, 11) is 1.82. The predicted octanol–water partition coefficient (Wildman–Crippen LogP) is 0.991. The summed E-state index contributed by atoms with van der Waals surface area (Å²) in [6.07, 6.45) is 2.95. The molecule has 0 bridgehead atoms. The van der Waals surface area contributed by atoms with Crippen molar-refractivity contribution < 1.29 is 4.39 Å². The molecule has 1 saturated carbocycles. The average Bonchev–Trinajstić information content (AvgIpc) is 1.88. The van der Waals surface area contributed by atoms with E-state index in [-0.39, 0.29) is 0 Å². The van der Waals surface area contributed by atoms with Crippen molar-refractivity contribution in [3.8, 4) is 0 Å². The molecule has 2 unspecified atom stereocenters. The van der Waals surface area contributed by atoms with Gasteiger partial charge in [-0.25, -0.2) is 4.39 Å². The molecule has 0 aromatic carbocycles. The van der Waals surface area contributed by atoms with Crippen LogP contribution < -0.4 is 10.9 Å². The Morgan fingerprint density at radius 1 is 1.40 bits per heavy atom. The smallest absolute Gasteiger partial charge is 0.102 e. The van der Waals surface area contributed by atoms with E-state index in [0.717, 1.165) is 19.3 Å². The van der Waals surface area contributed by atoms with Crippen molar-refractivity contribution in [1.82, 2.24) is 10.9 Å². The maximum absolute atomic E-state index is 12.7. The highest BCUT2D eigenvalue weighted by Crippen LogP contribution is 2.20. The number of rotatable bonds is 2. The molecule has 1 fully saturated rings. The standard InChI is InChI=1S/C7H15FN2/c1-9-10-7-4-2-3-6(8)5-7/h6-7,9-10H,2-5H2,1H3. The first-order valence-electron chi connectivity index (χ1n) is 3.89. The van der Waals surface area contributed by atoms with Crippen LogP contribution in [0.3, 0.4) is 0 Å². The second kappa shape index (κ2) is 3.88. The zero-order chi connectivity index (χ0) is 7.40. The van der Waals surface area contributed by atoms with Gasteiger partial charge >= 0.3 is 0 Å². The van der Waals surface area contributed by atoms with Crippen LogP contribution in [0.5, 0.6) is 0 Å². The summed E-state index contributed by atoms with van der Waals surface area (Å²) in [5, 5.41) is 0. The average molecular weight is 146 g/mol. The molecule has 0 saturated heterocycles. The lowest BCUT2D eigenvalue weighted by Crippen LogP contribution is -2.41. The minimum absolute atomic E-state index is 0.341.